The number of nitrogens with two attached hydrogens (primary N) is 1. The number of hydrogen-bond acceptors (Lipinski definition) is 6. The highest BCUT2D eigenvalue weighted by Crippen LogP contribution is 2.64. The summed E-state index contributed by atoms with van der Waals surface area (Å²) in [6.45, 7) is 0. The van der Waals surface area contributed by atoms with E-state index in [9.17, 15) is 33.1 Å². The molecule has 0 radical (unpaired) electrons. The Labute approximate surface area is 236 Å². The lowest BCUT2D eigenvalue weighted by atomic mass is 9.45. The first-order valence-corrected chi connectivity index (χ1v) is 14.3. The number of nitrogens with one attached hydrogen (secondary N) is 1. The number of benzene rings is 1. The molecule has 6 fully saturated rings. The Hall–Kier alpha value is -2.97. The number of rotatable bonds is 7. The lowest BCUT2D eigenvalue weighted by molar-refractivity contribution is -0.192. The number of fused-ring (bicyclic) bond motifs is 1. The second-order valence-corrected chi connectivity index (χ2v) is 13.1. The Morgan fingerprint density at radius 2 is 1.68 bits per heavy atom. The summed E-state index contributed by atoms with van der Waals surface area (Å²) in [6.07, 6.45) is 2.18. The zero-order valence-electron chi connectivity index (χ0n) is 22.6. The average Bonchev–Trinajstić information content (AvgIpc) is 3.54. The Bertz CT molecular complexity index is 1220. The third kappa shape index (κ3) is 6.00. The molecule has 0 heterocycles. The lowest BCUT2D eigenvalue weighted by Crippen LogP contribution is -2.66. The standard InChI is InChI=1S/C28H35N3O3.C2HF3O2/c29-14-20-8-19-9-21(19)23(20)24(32)25(31-26(33)22(30)7-16-4-2-1-3-5-16)27-10-17-6-18(11-27)13-28(34,12-17)15-27;3-2(4,5)1(6)7/h1-5,17-23,25,34H,6-13,15,30H2,(H,31,33);(H,6,7). The quantitative estimate of drug-likeness (QED) is 0.389. The van der Waals surface area contributed by atoms with E-state index in [1.807, 2.05) is 30.3 Å². The summed E-state index contributed by atoms with van der Waals surface area (Å²) in [5.41, 5.74) is 6.16. The Balaban J connectivity index is 0.000000431. The first-order chi connectivity index (χ1) is 19.2. The summed E-state index contributed by atoms with van der Waals surface area (Å²) in [5.74, 6) is -2.01. The van der Waals surface area contributed by atoms with Crippen LogP contribution in [0.4, 0.5) is 13.2 Å². The molecule has 8 nitrogen and oxygen atoms in total. The molecule has 41 heavy (non-hydrogen) atoms. The molecule has 222 valence electrons. The minimum Gasteiger partial charge on any atom is -0.475 e. The first-order valence-electron chi connectivity index (χ1n) is 14.3. The van der Waals surface area contributed by atoms with Gasteiger partial charge in [0.15, 0.2) is 5.78 Å². The summed E-state index contributed by atoms with van der Waals surface area (Å²) in [4.78, 5) is 36.5. The second-order valence-electron chi connectivity index (χ2n) is 13.1. The van der Waals surface area contributed by atoms with Crippen molar-refractivity contribution in [1.82, 2.24) is 5.32 Å². The molecule has 6 saturated carbocycles. The van der Waals surface area contributed by atoms with Gasteiger partial charge in [-0.1, -0.05) is 30.3 Å². The number of alkyl halides is 3. The van der Waals surface area contributed by atoms with E-state index in [2.05, 4.69) is 11.4 Å². The van der Waals surface area contributed by atoms with Gasteiger partial charge in [0.25, 0.3) is 0 Å². The Kier molecular flexibility index (Phi) is 7.70. The summed E-state index contributed by atoms with van der Waals surface area (Å²) in [7, 11) is 0. The van der Waals surface area contributed by atoms with Gasteiger partial charge in [0.05, 0.1) is 29.7 Å². The van der Waals surface area contributed by atoms with Gasteiger partial charge in [-0.05, 0) is 87.0 Å². The van der Waals surface area contributed by atoms with Gasteiger partial charge < -0.3 is 21.3 Å². The van der Waals surface area contributed by atoms with E-state index in [1.54, 1.807) is 0 Å². The van der Waals surface area contributed by atoms with Crippen LogP contribution in [0, 0.1) is 52.3 Å². The average molecular weight is 576 g/mol. The number of aliphatic hydroxyl groups is 1. The third-order valence-electron chi connectivity index (χ3n) is 10.1. The molecule has 1 aromatic rings. The van der Waals surface area contributed by atoms with Crippen LogP contribution in [-0.4, -0.2) is 51.7 Å². The van der Waals surface area contributed by atoms with Crippen molar-refractivity contribution >= 4 is 17.7 Å². The van der Waals surface area contributed by atoms with Gasteiger partial charge in [-0.3, -0.25) is 9.59 Å². The topological polar surface area (TPSA) is 154 Å². The molecular weight excluding hydrogens is 539 g/mol. The van der Waals surface area contributed by atoms with E-state index < -0.39 is 35.2 Å². The minimum atomic E-state index is -5.08. The maximum Gasteiger partial charge on any atom is 0.490 e. The Morgan fingerprint density at radius 1 is 1.07 bits per heavy atom. The van der Waals surface area contributed by atoms with Crippen molar-refractivity contribution in [2.24, 2.45) is 46.7 Å². The second kappa shape index (κ2) is 10.7. The van der Waals surface area contributed by atoms with Crippen LogP contribution in [-0.2, 0) is 20.8 Å². The first kappa shape index (κ1) is 29.5. The zero-order chi connectivity index (χ0) is 29.7. The fraction of sp³-hybridized carbons (Fsp3) is 0.667. The van der Waals surface area contributed by atoms with Crippen LogP contribution >= 0.6 is 0 Å². The number of nitriles is 1. The molecule has 0 aliphatic heterocycles. The van der Waals surface area contributed by atoms with E-state index in [4.69, 9.17) is 15.6 Å². The smallest absolute Gasteiger partial charge is 0.475 e. The maximum atomic E-state index is 14.2. The van der Waals surface area contributed by atoms with Crippen LogP contribution in [0.25, 0.3) is 0 Å². The fourth-order valence-corrected chi connectivity index (χ4v) is 8.85. The molecule has 11 heteroatoms. The highest BCUT2D eigenvalue weighted by atomic mass is 19.4. The van der Waals surface area contributed by atoms with Crippen molar-refractivity contribution in [3.8, 4) is 6.07 Å². The van der Waals surface area contributed by atoms with Gasteiger partial charge in [-0.2, -0.15) is 18.4 Å². The van der Waals surface area contributed by atoms with E-state index >= 15 is 0 Å². The van der Waals surface area contributed by atoms with E-state index in [-0.39, 0.29) is 29.4 Å². The van der Waals surface area contributed by atoms with Crippen molar-refractivity contribution in [2.75, 3.05) is 0 Å². The molecule has 5 N–H and O–H groups in total. The monoisotopic (exact) mass is 575 g/mol. The summed E-state index contributed by atoms with van der Waals surface area (Å²) >= 11 is 0. The normalized spacial score (nSPS) is 37.6. The molecule has 1 amide bonds. The molecular formula is C30H36F3N3O5. The summed E-state index contributed by atoms with van der Waals surface area (Å²) in [6, 6.07) is 10.7. The van der Waals surface area contributed by atoms with Gasteiger partial charge in [-0.25, -0.2) is 4.79 Å². The molecule has 0 aromatic heterocycles. The van der Waals surface area contributed by atoms with Crippen molar-refractivity contribution in [3.63, 3.8) is 0 Å². The number of hydrogen-bond donors (Lipinski definition) is 4. The number of carboxylic acid groups (broad SMARTS) is 1. The van der Waals surface area contributed by atoms with Gasteiger partial charge in [0.2, 0.25) is 5.91 Å². The number of carbonyl (C=O) groups is 3. The third-order valence-corrected chi connectivity index (χ3v) is 10.1. The number of carbonyl (C=O) groups excluding carboxylic acids is 2. The molecule has 6 aliphatic carbocycles. The number of carboxylic acids is 1. The number of nitrogens with zero attached hydrogens (tertiary/aromatic N) is 1. The van der Waals surface area contributed by atoms with Crippen molar-refractivity contribution in [1.29, 1.82) is 5.26 Å². The predicted molar refractivity (Wildman–Crippen MR) is 140 cm³/mol. The van der Waals surface area contributed by atoms with Gasteiger partial charge >= 0.3 is 12.1 Å². The van der Waals surface area contributed by atoms with E-state index in [1.165, 1.54) is 0 Å². The maximum absolute atomic E-state index is 14.2. The van der Waals surface area contributed by atoms with Crippen LogP contribution in [0.1, 0.15) is 56.9 Å². The molecule has 4 bridgehead atoms. The fourth-order valence-electron chi connectivity index (χ4n) is 8.85. The van der Waals surface area contributed by atoms with Gasteiger partial charge in [-0.15, -0.1) is 0 Å². The van der Waals surface area contributed by atoms with Crippen LogP contribution in [0.15, 0.2) is 30.3 Å². The SMILES string of the molecule is N#CC1CC2CC2C1C(=O)C(NC(=O)C(N)Cc1ccccc1)C12CC3CC(CC(O)(C3)C1)C2.O=C(O)C(F)(F)F. The zero-order valence-corrected chi connectivity index (χ0v) is 22.6. The molecule has 8 atom stereocenters. The van der Waals surface area contributed by atoms with Crippen LogP contribution in [0.5, 0.6) is 0 Å². The lowest BCUT2D eigenvalue weighted by Gasteiger charge is -2.62. The number of aliphatic carboxylic acids is 1. The molecule has 8 unspecified atom stereocenters. The van der Waals surface area contributed by atoms with Crippen molar-refractivity contribution in [2.45, 2.75) is 81.6 Å². The minimum absolute atomic E-state index is 0.0300. The molecule has 0 spiro atoms. The van der Waals surface area contributed by atoms with Crippen molar-refractivity contribution < 1.29 is 37.8 Å². The summed E-state index contributed by atoms with van der Waals surface area (Å²) < 4.78 is 31.7. The van der Waals surface area contributed by atoms with Crippen LogP contribution in [0.3, 0.4) is 0 Å². The van der Waals surface area contributed by atoms with Crippen molar-refractivity contribution in [3.05, 3.63) is 35.9 Å². The van der Waals surface area contributed by atoms with Crippen LogP contribution in [0.2, 0.25) is 0 Å². The van der Waals surface area contributed by atoms with E-state index in [0.717, 1.165) is 50.5 Å². The highest BCUT2D eigenvalue weighted by molar-refractivity contribution is 5.94. The molecule has 1 aromatic carbocycles. The number of Topliss-reactive ketones (excluding diaryl/α,β-unsaturated/α-hetero) is 1. The molecule has 0 saturated heterocycles. The number of halogens is 3. The molecule has 6 aliphatic rings. The largest absolute Gasteiger partial charge is 0.490 e. The Morgan fingerprint density at radius 3 is 2.22 bits per heavy atom. The number of amides is 1. The predicted octanol–water partition coefficient (Wildman–Crippen LogP) is 3.37. The number of ketones is 1. The van der Waals surface area contributed by atoms with Gasteiger partial charge in [0.1, 0.15) is 0 Å². The summed E-state index contributed by atoms with van der Waals surface area (Å²) in [5, 5.41) is 31.4. The van der Waals surface area contributed by atoms with E-state index in [0.29, 0.717) is 30.6 Å². The molecule has 7 rings (SSSR count). The van der Waals surface area contributed by atoms with Gasteiger partial charge in [0, 0.05) is 11.3 Å². The highest BCUT2D eigenvalue weighted by Gasteiger charge is 2.64. The van der Waals surface area contributed by atoms with Crippen LogP contribution < -0.4 is 11.1 Å².